The zero-order valence-corrected chi connectivity index (χ0v) is 63.6. The maximum Gasteiger partial charge on any atom is 0.167 e. The van der Waals surface area contributed by atoms with E-state index in [1.165, 1.54) is 142 Å². The number of Topliss-reactive ketones (excluding diaryl/α,β-unsaturated/α-hetero) is 5. The second-order valence-electron chi connectivity index (χ2n) is 32.4. The van der Waals surface area contributed by atoms with Crippen LogP contribution in [0.1, 0.15) is 130 Å². The molecule has 12 nitrogen and oxygen atoms in total. The van der Waals surface area contributed by atoms with Crippen molar-refractivity contribution in [1.82, 2.24) is 29.4 Å². The van der Waals surface area contributed by atoms with Gasteiger partial charge in [-0.2, -0.15) is 0 Å². The molecule has 7 aromatic carbocycles. The molecule has 0 amide bonds. The van der Waals surface area contributed by atoms with Gasteiger partial charge in [-0.1, -0.05) is 103 Å². The number of halogens is 4. The van der Waals surface area contributed by atoms with Crippen molar-refractivity contribution in [3.05, 3.63) is 220 Å². The molecule has 107 heavy (non-hydrogen) atoms. The van der Waals surface area contributed by atoms with E-state index in [4.69, 9.17) is 28.6 Å². The molecule has 18 fully saturated rings. The molecule has 0 aromatic heterocycles. The summed E-state index contributed by atoms with van der Waals surface area (Å²) in [6.45, 7) is 19.8. The number of rotatable bonds is 14. The Hall–Kier alpha value is -7.12. The lowest BCUT2D eigenvalue weighted by atomic mass is 9.75. The molecule has 6 unspecified atom stereocenters. The van der Waals surface area contributed by atoms with Crippen molar-refractivity contribution in [2.24, 2.45) is 71.0 Å². The molecule has 6 atom stereocenters. The molecule has 18 saturated heterocycles. The summed E-state index contributed by atoms with van der Waals surface area (Å²) in [6.07, 6.45) is 14.8. The molecule has 0 radical (unpaired) electrons. The van der Waals surface area contributed by atoms with Crippen LogP contribution in [0.4, 0.5) is 13.2 Å². The summed E-state index contributed by atoms with van der Waals surface area (Å²) in [5, 5.41) is 2.63. The Morgan fingerprint density at radius 1 is 0.364 bits per heavy atom. The van der Waals surface area contributed by atoms with Crippen LogP contribution in [0.25, 0.3) is 10.8 Å². The zero-order valence-electron chi connectivity index (χ0n) is 62.0. The summed E-state index contributed by atoms with van der Waals surface area (Å²) in [5.41, 5.74) is 4.98. The molecule has 18 aliphatic heterocycles. The van der Waals surface area contributed by atoms with Crippen LogP contribution in [0.15, 0.2) is 164 Å². The smallest absolute Gasteiger partial charge is 0.167 e. The monoisotopic (exact) mass is 1490 g/mol. The third kappa shape index (κ3) is 18.9. The van der Waals surface area contributed by atoms with E-state index < -0.39 is 5.82 Å². The van der Waals surface area contributed by atoms with Gasteiger partial charge in [-0.15, -0.1) is 0 Å². The predicted molar refractivity (Wildman–Crippen MR) is 421 cm³/mol. The number of hydrogen-bond donors (Lipinski definition) is 0. The van der Waals surface area contributed by atoms with E-state index in [1.807, 2.05) is 42.5 Å². The molecular formula is C90H104ClF3N6O6S. The number of piperidine rings is 18. The number of methoxy groups -OCH3 is 1. The molecule has 564 valence electrons. The quantitative estimate of drug-likeness (QED) is 0.0761. The molecule has 25 rings (SSSR count). The number of ether oxygens (including phenoxy) is 1. The maximum atomic E-state index is 13.1. The third-order valence-electron chi connectivity index (χ3n) is 26.1. The Kier molecular flexibility index (Phi) is 25.6. The maximum absolute atomic E-state index is 13.1. The third-order valence-corrected chi connectivity index (χ3v) is 26.9. The first-order chi connectivity index (χ1) is 52.0. The van der Waals surface area contributed by atoms with Crippen LogP contribution in [0.2, 0.25) is 5.02 Å². The number of benzene rings is 7. The Bertz CT molecular complexity index is 4220. The number of thiocarbonyl (C=S) groups is 1. The minimum absolute atomic E-state index is 0.0297. The lowest BCUT2D eigenvalue weighted by Gasteiger charge is -2.45. The van der Waals surface area contributed by atoms with E-state index >= 15 is 0 Å². The topological polar surface area (TPSA) is 114 Å². The molecule has 7 aromatic rings. The SMILES string of the molecule is COc1ccc(C(=O)C2CN3CCC2CC3)cc1.O=C(Cc1ccccc1)C1CN2CCC1CC2.O=C(c1ccc(F)c(Cl)c1)C1CN2CCC1CC2.O=C(c1ccc(F)cc1)C1CN2CCC1CC2.O=C(c1cccc(F)c1)C1CN2CCC1CC2.S=C(c1ccc2ccccc2c1)C1CN2CCC1CC2. The molecule has 17 heteroatoms. The van der Waals surface area contributed by atoms with E-state index in [0.717, 1.165) is 133 Å². The Morgan fingerprint density at radius 2 is 0.729 bits per heavy atom. The number of hydrogen-bond acceptors (Lipinski definition) is 13. The summed E-state index contributed by atoms with van der Waals surface area (Å²) >= 11 is 11.6. The Morgan fingerprint density at radius 3 is 1.13 bits per heavy atom. The average molecular weight is 1490 g/mol. The van der Waals surface area contributed by atoms with Crippen molar-refractivity contribution in [2.75, 3.05) is 125 Å². The van der Waals surface area contributed by atoms with Crippen molar-refractivity contribution >= 4 is 68.4 Å². The van der Waals surface area contributed by atoms with Gasteiger partial charge < -0.3 is 34.1 Å². The van der Waals surface area contributed by atoms with Crippen molar-refractivity contribution in [2.45, 2.75) is 83.5 Å². The lowest BCUT2D eigenvalue weighted by molar-refractivity contribution is -0.128. The van der Waals surface area contributed by atoms with Crippen molar-refractivity contribution < 1.29 is 41.9 Å². The van der Waals surface area contributed by atoms with Gasteiger partial charge in [-0.05, 0) is 298 Å². The summed E-state index contributed by atoms with van der Waals surface area (Å²) in [6, 6.07) is 49.2. The van der Waals surface area contributed by atoms with Crippen LogP contribution in [0, 0.1) is 88.5 Å². The first kappa shape index (κ1) is 76.6. The van der Waals surface area contributed by atoms with E-state index in [9.17, 15) is 37.1 Å². The number of nitrogens with zero attached hydrogens (tertiary/aromatic N) is 6. The van der Waals surface area contributed by atoms with Crippen molar-refractivity contribution in [3.8, 4) is 5.75 Å². The van der Waals surface area contributed by atoms with Crippen LogP contribution in [0.3, 0.4) is 0 Å². The second kappa shape index (κ2) is 35.7. The standard InChI is InChI=1S/C18H19NS.C15H19NO2.C15H19NO.C14H15ClFNO.2C14H16FNO/c20-18(17-12-19-9-7-14(17)8-10-19)16-6-5-13-3-1-2-4-15(13)11-16;1-18-13-4-2-12(3-5-13)15(17)14-10-16-8-6-11(14)7-9-16;17-15(10-12-4-2-1-3-5-12)14-11-16-8-6-13(14)7-9-16;15-12-7-10(1-2-13(12)16)14(18)11-8-17-5-3-9(11)4-6-17;15-12-3-1-11(2-4-12)14(17)13-9-16-7-5-10(13)6-8-16;15-12-3-1-2-11(8-12)14(17)13-9-16-6-4-10(13)5-7-16/h1-6,11,14,17H,7-10,12H2;2-5,11,14H,6-10H2,1H3;1-5,13-14H,6-11H2;1-2,7,9,11H,3-6,8H2;1-4,10,13H,5-9H2;1-3,8,10,13H,4-7,9H2. The molecule has 0 N–H and O–H groups in total. The van der Waals surface area contributed by atoms with Gasteiger partial charge in [0, 0.05) is 108 Å². The second-order valence-corrected chi connectivity index (χ2v) is 33.2. The first-order valence-corrected chi connectivity index (χ1v) is 40.5. The highest BCUT2D eigenvalue weighted by molar-refractivity contribution is 7.80. The highest BCUT2D eigenvalue weighted by Gasteiger charge is 2.44. The normalized spacial score (nSPS) is 30.6. The summed E-state index contributed by atoms with van der Waals surface area (Å²) < 4.78 is 44.2. The summed E-state index contributed by atoms with van der Waals surface area (Å²) in [5.74, 6) is 5.93. The number of ketones is 5. The largest absolute Gasteiger partial charge is 0.497 e. The van der Waals surface area contributed by atoms with E-state index in [0.29, 0.717) is 76.1 Å². The number of fused-ring (bicyclic) bond motifs is 19. The fourth-order valence-electron chi connectivity index (χ4n) is 19.6. The van der Waals surface area contributed by atoms with Crippen LogP contribution in [0.5, 0.6) is 5.75 Å². The number of carbonyl (C=O) groups is 5. The van der Waals surface area contributed by atoms with Crippen molar-refractivity contribution in [1.29, 1.82) is 0 Å². The van der Waals surface area contributed by atoms with E-state index in [2.05, 4.69) is 84.0 Å². The minimum atomic E-state index is -0.470. The van der Waals surface area contributed by atoms with Gasteiger partial charge in [0.1, 0.15) is 29.0 Å². The zero-order chi connectivity index (χ0) is 74.1. The van der Waals surface area contributed by atoms with Gasteiger partial charge >= 0.3 is 0 Å². The van der Waals surface area contributed by atoms with Crippen molar-refractivity contribution in [3.63, 3.8) is 0 Å². The van der Waals surface area contributed by atoms with Gasteiger partial charge in [0.15, 0.2) is 23.1 Å². The molecule has 0 saturated carbocycles. The van der Waals surface area contributed by atoms with Crippen LogP contribution in [-0.4, -0.2) is 188 Å². The van der Waals surface area contributed by atoms with Gasteiger partial charge in [-0.3, -0.25) is 24.0 Å². The summed E-state index contributed by atoms with van der Waals surface area (Å²) in [4.78, 5) is 77.7. The fraction of sp³-hybridized carbons (Fsp3) is 0.489. The highest BCUT2D eigenvalue weighted by Crippen LogP contribution is 2.41. The van der Waals surface area contributed by atoms with Gasteiger partial charge in [0.2, 0.25) is 0 Å². The molecule has 18 aliphatic rings. The van der Waals surface area contributed by atoms with Gasteiger partial charge in [-0.25, -0.2) is 13.2 Å². The minimum Gasteiger partial charge on any atom is -0.497 e. The van der Waals surface area contributed by atoms with Crippen LogP contribution < -0.4 is 4.74 Å². The van der Waals surface area contributed by atoms with Gasteiger partial charge in [0.05, 0.1) is 12.1 Å². The number of carbonyl (C=O) groups excluding carboxylic acids is 5. The molecule has 12 bridgehead atoms. The first-order valence-electron chi connectivity index (χ1n) is 39.8. The molecule has 0 aliphatic carbocycles. The Balaban J connectivity index is 0.000000108. The fourth-order valence-corrected chi connectivity index (χ4v) is 20.2. The van der Waals surface area contributed by atoms with Gasteiger partial charge in [0.25, 0.3) is 0 Å². The predicted octanol–water partition coefficient (Wildman–Crippen LogP) is 16.0. The van der Waals surface area contributed by atoms with Crippen LogP contribution in [-0.2, 0) is 11.2 Å². The average Bonchev–Trinajstić information content (AvgIpc) is 0.802. The molecular weight excluding hydrogens is 1390 g/mol. The van der Waals surface area contributed by atoms with E-state index in [1.54, 1.807) is 37.4 Å². The molecule has 0 spiro atoms. The highest BCUT2D eigenvalue weighted by atomic mass is 35.5. The van der Waals surface area contributed by atoms with Crippen LogP contribution >= 0.6 is 23.8 Å². The lowest BCUT2D eigenvalue weighted by Crippen LogP contribution is -2.50. The Labute approximate surface area is 640 Å². The molecule has 18 heterocycles. The summed E-state index contributed by atoms with van der Waals surface area (Å²) in [7, 11) is 1.64. The van der Waals surface area contributed by atoms with E-state index in [-0.39, 0.29) is 57.7 Å².